The van der Waals surface area contributed by atoms with E-state index in [1.54, 1.807) is 21.9 Å². The number of piperazine rings is 1. The molecule has 6 heteroatoms. The summed E-state index contributed by atoms with van der Waals surface area (Å²) in [6.45, 7) is 12.0. The minimum Gasteiger partial charge on any atom is -0.443 e. The molecule has 0 aromatic heterocycles. The first-order valence-corrected chi connectivity index (χ1v) is 12.2. The number of hydrogen-bond acceptors (Lipinski definition) is 3. The van der Waals surface area contributed by atoms with Crippen molar-refractivity contribution in [1.29, 1.82) is 0 Å². The van der Waals surface area contributed by atoms with Gasteiger partial charge in [-0.15, -0.1) is 0 Å². The lowest BCUT2D eigenvalue weighted by Crippen LogP contribution is -2.51. The van der Waals surface area contributed by atoms with Gasteiger partial charge < -0.3 is 14.5 Å². The molecular weight excluding hydrogens is 431 g/mol. The molecule has 1 atom stereocenters. The number of carbonyl (C=O) groups is 2. The maximum absolute atomic E-state index is 13.2. The first-order chi connectivity index (χ1) is 16.1. The Labute approximate surface area is 202 Å². The van der Waals surface area contributed by atoms with Crippen molar-refractivity contribution in [3.63, 3.8) is 0 Å². The SMILES string of the molecule is CC(C)c1cccc(C(=O)N2CCN(C(=O)OC(C)(C)CCC(C)c3ccc(F)cc3)CC2)c1. The van der Waals surface area contributed by atoms with Crippen LogP contribution in [0.3, 0.4) is 0 Å². The average Bonchev–Trinajstić information content (AvgIpc) is 2.82. The van der Waals surface area contributed by atoms with Crippen molar-refractivity contribution in [2.45, 2.75) is 64.9 Å². The molecule has 0 aliphatic carbocycles. The summed E-state index contributed by atoms with van der Waals surface area (Å²) < 4.78 is 19.0. The third-order valence-electron chi connectivity index (χ3n) is 6.61. The van der Waals surface area contributed by atoms with Crippen LogP contribution in [0.2, 0.25) is 0 Å². The van der Waals surface area contributed by atoms with Crippen molar-refractivity contribution in [3.8, 4) is 0 Å². The number of carbonyl (C=O) groups excluding carboxylic acids is 2. The molecule has 1 fully saturated rings. The third-order valence-corrected chi connectivity index (χ3v) is 6.61. The van der Waals surface area contributed by atoms with E-state index < -0.39 is 5.60 Å². The summed E-state index contributed by atoms with van der Waals surface area (Å²) >= 11 is 0. The molecule has 2 amide bonds. The molecule has 34 heavy (non-hydrogen) atoms. The molecule has 1 unspecified atom stereocenters. The molecule has 1 aliphatic rings. The molecule has 0 radical (unpaired) electrons. The molecule has 1 saturated heterocycles. The number of benzene rings is 2. The summed E-state index contributed by atoms with van der Waals surface area (Å²) in [5.74, 6) is 0.366. The van der Waals surface area contributed by atoms with Crippen molar-refractivity contribution in [2.24, 2.45) is 0 Å². The number of halogens is 1. The predicted octanol–water partition coefficient (Wildman–Crippen LogP) is 6.21. The van der Waals surface area contributed by atoms with E-state index in [0.717, 1.165) is 17.5 Å². The number of ether oxygens (including phenoxy) is 1. The molecule has 1 aliphatic heterocycles. The Hall–Kier alpha value is -2.89. The molecule has 0 spiro atoms. The van der Waals surface area contributed by atoms with Gasteiger partial charge in [0, 0.05) is 31.7 Å². The van der Waals surface area contributed by atoms with E-state index in [9.17, 15) is 14.0 Å². The Morgan fingerprint density at radius 2 is 1.56 bits per heavy atom. The van der Waals surface area contributed by atoms with Gasteiger partial charge in [-0.2, -0.15) is 0 Å². The van der Waals surface area contributed by atoms with Gasteiger partial charge in [-0.3, -0.25) is 4.79 Å². The van der Waals surface area contributed by atoms with Gasteiger partial charge in [0.1, 0.15) is 11.4 Å². The molecule has 2 aromatic carbocycles. The second-order valence-electron chi connectivity index (χ2n) is 10.2. The summed E-state index contributed by atoms with van der Waals surface area (Å²) in [6, 6.07) is 14.3. The zero-order valence-corrected chi connectivity index (χ0v) is 21.0. The van der Waals surface area contributed by atoms with Gasteiger partial charge in [-0.1, -0.05) is 45.0 Å². The zero-order valence-electron chi connectivity index (χ0n) is 21.0. The summed E-state index contributed by atoms with van der Waals surface area (Å²) in [5.41, 5.74) is 2.29. The highest BCUT2D eigenvalue weighted by atomic mass is 19.1. The van der Waals surface area contributed by atoms with Gasteiger partial charge in [-0.25, -0.2) is 9.18 Å². The van der Waals surface area contributed by atoms with E-state index >= 15 is 0 Å². The molecule has 184 valence electrons. The molecule has 5 nitrogen and oxygen atoms in total. The van der Waals surface area contributed by atoms with E-state index in [-0.39, 0.29) is 23.7 Å². The van der Waals surface area contributed by atoms with Crippen LogP contribution in [0.25, 0.3) is 0 Å². The quantitative estimate of drug-likeness (QED) is 0.486. The maximum atomic E-state index is 13.2. The summed E-state index contributed by atoms with van der Waals surface area (Å²) in [4.78, 5) is 29.2. The smallest absolute Gasteiger partial charge is 0.410 e. The van der Waals surface area contributed by atoms with E-state index in [2.05, 4.69) is 20.8 Å². The number of hydrogen-bond donors (Lipinski definition) is 0. The Balaban J connectivity index is 1.48. The predicted molar refractivity (Wildman–Crippen MR) is 133 cm³/mol. The maximum Gasteiger partial charge on any atom is 0.410 e. The van der Waals surface area contributed by atoms with Crippen LogP contribution in [0, 0.1) is 5.82 Å². The average molecular weight is 469 g/mol. The first kappa shape index (κ1) is 25.7. The fourth-order valence-electron chi connectivity index (χ4n) is 4.18. The second kappa shape index (κ2) is 11.0. The van der Waals surface area contributed by atoms with Crippen LogP contribution in [-0.2, 0) is 4.74 Å². The summed E-state index contributed by atoms with van der Waals surface area (Å²) in [6.07, 6.45) is 1.18. The Morgan fingerprint density at radius 1 is 0.941 bits per heavy atom. The van der Waals surface area contributed by atoms with Gasteiger partial charge in [0.25, 0.3) is 5.91 Å². The van der Waals surface area contributed by atoms with Crippen LogP contribution in [0.1, 0.15) is 80.8 Å². The standard InChI is InChI=1S/C28H37FN2O3/c1-20(2)23-7-6-8-24(19-23)26(32)30-15-17-31(18-16-30)27(33)34-28(4,5)14-13-21(3)22-9-11-25(29)12-10-22/h6-12,19-21H,13-18H2,1-5H3. The van der Waals surface area contributed by atoms with Gasteiger partial charge in [0.15, 0.2) is 0 Å². The monoisotopic (exact) mass is 468 g/mol. The highest BCUT2D eigenvalue weighted by Gasteiger charge is 2.30. The first-order valence-electron chi connectivity index (χ1n) is 12.2. The number of rotatable bonds is 7. The highest BCUT2D eigenvalue weighted by molar-refractivity contribution is 5.94. The molecular formula is C28H37FN2O3. The molecule has 0 bridgehead atoms. The van der Waals surface area contributed by atoms with E-state index in [1.807, 2.05) is 38.1 Å². The third kappa shape index (κ3) is 6.81. The minimum atomic E-state index is -0.615. The summed E-state index contributed by atoms with van der Waals surface area (Å²) in [7, 11) is 0. The van der Waals surface area contributed by atoms with E-state index in [1.165, 1.54) is 12.1 Å². The van der Waals surface area contributed by atoms with E-state index in [4.69, 9.17) is 4.74 Å². The molecule has 1 heterocycles. The Bertz CT molecular complexity index is 979. The zero-order chi connectivity index (χ0) is 24.9. The van der Waals surface area contributed by atoms with Crippen LogP contribution in [0.5, 0.6) is 0 Å². The van der Waals surface area contributed by atoms with Crippen molar-refractivity contribution in [3.05, 3.63) is 71.0 Å². The molecule has 3 rings (SSSR count). The topological polar surface area (TPSA) is 49.9 Å². The number of amides is 2. The minimum absolute atomic E-state index is 0.00521. The number of nitrogens with zero attached hydrogens (tertiary/aromatic N) is 2. The fourth-order valence-corrected chi connectivity index (χ4v) is 4.18. The van der Waals surface area contributed by atoms with Crippen LogP contribution in [0.15, 0.2) is 48.5 Å². The Kier molecular flexibility index (Phi) is 8.34. The fraction of sp³-hybridized carbons (Fsp3) is 0.500. The van der Waals surface area contributed by atoms with Crippen LogP contribution in [-0.4, -0.2) is 53.6 Å². The lowest BCUT2D eigenvalue weighted by atomic mass is 9.91. The summed E-state index contributed by atoms with van der Waals surface area (Å²) in [5, 5.41) is 0. The van der Waals surface area contributed by atoms with E-state index in [0.29, 0.717) is 44.1 Å². The molecule has 0 saturated carbocycles. The van der Waals surface area contributed by atoms with Crippen molar-refractivity contribution < 1.29 is 18.7 Å². The molecule has 2 aromatic rings. The van der Waals surface area contributed by atoms with Crippen molar-refractivity contribution >= 4 is 12.0 Å². The normalized spacial score (nSPS) is 15.4. The van der Waals surface area contributed by atoms with Gasteiger partial charge in [0.2, 0.25) is 0 Å². The van der Waals surface area contributed by atoms with Crippen LogP contribution >= 0.6 is 0 Å². The molecule has 0 N–H and O–H groups in total. The highest BCUT2D eigenvalue weighted by Crippen LogP contribution is 2.27. The van der Waals surface area contributed by atoms with Crippen molar-refractivity contribution in [1.82, 2.24) is 9.80 Å². The van der Waals surface area contributed by atoms with Crippen LogP contribution in [0.4, 0.5) is 9.18 Å². The van der Waals surface area contributed by atoms with Gasteiger partial charge in [-0.05, 0) is 73.9 Å². The lowest BCUT2D eigenvalue weighted by Gasteiger charge is -2.36. The second-order valence-corrected chi connectivity index (χ2v) is 10.2. The van der Waals surface area contributed by atoms with Gasteiger partial charge in [0.05, 0.1) is 0 Å². The van der Waals surface area contributed by atoms with Crippen molar-refractivity contribution in [2.75, 3.05) is 26.2 Å². The van der Waals surface area contributed by atoms with Gasteiger partial charge >= 0.3 is 6.09 Å². The van der Waals surface area contributed by atoms with Crippen LogP contribution < -0.4 is 0 Å². The lowest BCUT2D eigenvalue weighted by molar-refractivity contribution is -0.00133. The Morgan fingerprint density at radius 3 is 2.18 bits per heavy atom. The largest absolute Gasteiger partial charge is 0.443 e.